The molecule has 0 spiro atoms. The fraction of sp³-hybridized carbons (Fsp3) is 0.231. The van der Waals surface area contributed by atoms with Gasteiger partial charge in [0.1, 0.15) is 0 Å². The Labute approximate surface area is 95.2 Å². The quantitative estimate of drug-likeness (QED) is 0.777. The van der Waals surface area contributed by atoms with Crippen LogP contribution in [0.5, 0.6) is 0 Å². The molecule has 80 valence electrons. The first-order chi connectivity index (χ1) is 7.22. The van der Waals surface area contributed by atoms with Crippen molar-refractivity contribution in [1.29, 1.82) is 0 Å². The van der Waals surface area contributed by atoms with E-state index in [2.05, 4.69) is 44.4 Å². The summed E-state index contributed by atoms with van der Waals surface area (Å²) in [5.74, 6) is 0. The standard InChI is InChI=1S/C12H12S.CH5N/c1-4-10-9(3)13-12-6-5-8(2)7-11(10)12;1-2/h4-7H,1H2,2-3H3;2H2,1H3. The third-order valence-electron chi connectivity index (χ3n) is 2.27. The number of hydrogen-bond donors (Lipinski definition) is 1. The second-order valence-corrected chi connectivity index (χ2v) is 4.53. The lowest BCUT2D eigenvalue weighted by molar-refractivity contribution is 1.48. The largest absolute Gasteiger partial charge is 0.333 e. The van der Waals surface area contributed by atoms with E-state index in [1.165, 1.54) is 33.1 Å². The van der Waals surface area contributed by atoms with Crippen LogP contribution in [-0.4, -0.2) is 7.05 Å². The highest BCUT2D eigenvalue weighted by atomic mass is 32.1. The van der Waals surface area contributed by atoms with Gasteiger partial charge in [0.15, 0.2) is 0 Å². The summed E-state index contributed by atoms with van der Waals surface area (Å²) in [5, 5.41) is 1.34. The molecule has 1 nitrogen and oxygen atoms in total. The topological polar surface area (TPSA) is 26.0 Å². The van der Waals surface area contributed by atoms with Crippen molar-refractivity contribution in [3.63, 3.8) is 0 Å². The Morgan fingerprint density at radius 3 is 2.53 bits per heavy atom. The van der Waals surface area contributed by atoms with Crippen LogP contribution in [0.4, 0.5) is 0 Å². The highest BCUT2D eigenvalue weighted by Gasteiger charge is 2.05. The molecular formula is C13H17NS. The van der Waals surface area contributed by atoms with Crippen LogP contribution in [0, 0.1) is 13.8 Å². The maximum absolute atomic E-state index is 4.50. The Balaban J connectivity index is 0.000000531. The van der Waals surface area contributed by atoms with Crippen LogP contribution < -0.4 is 5.73 Å². The zero-order valence-corrected chi connectivity index (χ0v) is 10.3. The maximum atomic E-state index is 4.50. The zero-order valence-electron chi connectivity index (χ0n) is 9.50. The van der Waals surface area contributed by atoms with E-state index in [9.17, 15) is 0 Å². The SMILES string of the molecule is C=Cc1c(C)sc2ccc(C)cc12.CN. The summed E-state index contributed by atoms with van der Waals surface area (Å²) in [6.45, 7) is 8.12. The molecule has 0 atom stereocenters. The van der Waals surface area contributed by atoms with Crippen LogP contribution in [0.1, 0.15) is 16.0 Å². The number of aryl methyl sites for hydroxylation is 2. The van der Waals surface area contributed by atoms with Gasteiger partial charge in [-0.15, -0.1) is 11.3 Å². The van der Waals surface area contributed by atoms with Gasteiger partial charge in [-0.2, -0.15) is 0 Å². The first-order valence-electron chi connectivity index (χ1n) is 4.92. The van der Waals surface area contributed by atoms with Crippen molar-refractivity contribution in [2.75, 3.05) is 7.05 Å². The summed E-state index contributed by atoms with van der Waals surface area (Å²) in [6.07, 6.45) is 1.95. The minimum Gasteiger partial charge on any atom is -0.333 e. The first-order valence-corrected chi connectivity index (χ1v) is 5.74. The highest BCUT2D eigenvalue weighted by Crippen LogP contribution is 2.31. The number of thiophene rings is 1. The molecule has 1 heterocycles. The molecule has 0 saturated carbocycles. The number of hydrogen-bond acceptors (Lipinski definition) is 2. The van der Waals surface area contributed by atoms with Gasteiger partial charge in [-0.25, -0.2) is 0 Å². The molecule has 0 unspecified atom stereocenters. The molecule has 2 heteroatoms. The molecule has 0 aliphatic rings. The average molecular weight is 219 g/mol. The average Bonchev–Trinajstić information content (AvgIpc) is 2.56. The monoisotopic (exact) mass is 219 g/mol. The van der Waals surface area contributed by atoms with Gasteiger partial charge in [0.2, 0.25) is 0 Å². The third kappa shape index (κ3) is 2.28. The maximum Gasteiger partial charge on any atom is 0.0351 e. The van der Waals surface area contributed by atoms with Gasteiger partial charge >= 0.3 is 0 Å². The van der Waals surface area contributed by atoms with Crippen molar-refractivity contribution in [2.24, 2.45) is 5.73 Å². The number of benzene rings is 1. The van der Waals surface area contributed by atoms with Crippen molar-refractivity contribution < 1.29 is 0 Å². The predicted molar refractivity (Wildman–Crippen MR) is 71.5 cm³/mol. The Kier molecular flexibility index (Phi) is 4.06. The van der Waals surface area contributed by atoms with Gasteiger partial charge < -0.3 is 5.73 Å². The summed E-state index contributed by atoms with van der Waals surface area (Å²) >= 11 is 1.84. The van der Waals surface area contributed by atoms with E-state index >= 15 is 0 Å². The van der Waals surface area contributed by atoms with E-state index in [0.717, 1.165) is 0 Å². The molecule has 0 bridgehead atoms. The van der Waals surface area contributed by atoms with Crippen LogP contribution in [0.3, 0.4) is 0 Å². The fourth-order valence-corrected chi connectivity index (χ4v) is 2.65. The van der Waals surface area contributed by atoms with Crippen LogP contribution in [-0.2, 0) is 0 Å². The van der Waals surface area contributed by atoms with Gasteiger partial charge in [-0.1, -0.05) is 24.3 Å². The van der Waals surface area contributed by atoms with E-state index in [1.54, 1.807) is 0 Å². The molecule has 0 aliphatic heterocycles. The van der Waals surface area contributed by atoms with E-state index in [1.807, 2.05) is 17.4 Å². The van der Waals surface area contributed by atoms with Gasteiger partial charge in [-0.3, -0.25) is 0 Å². The Morgan fingerprint density at radius 1 is 1.27 bits per heavy atom. The highest BCUT2D eigenvalue weighted by molar-refractivity contribution is 7.19. The molecule has 0 fully saturated rings. The molecule has 1 aromatic heterocycles. The van der Waals surface area contributed by atoms with E-state index in [0.29, 0.717) is 0 Å². The van der Waals surface area contributed by atoms with Crippen molar-refractivity contribution >= 4 is 27.5 Å². The molecule has 15 heavy (non-hydrogen) atoms. The van der Waals surface area contributed by atoms with Crippen molar-refractivity contribution in [3.8, 4) is 0 Å². The predicted octanol–water partition coefficient (Wildman–Crippen LogP) is 3.74. The third-order valence-corrected chi connectivity index (χ3v) is 3.37. The van der Waals surface area contributed by atoms with E-state index < -0.39 is 0 Å². The molecule has 2 rings (SSSR count). The minimum atomic E-state index is 1.30. The molecule has 2 aromatic rings. The number of fused-ring (bicyclic) bond motifs is 1. The van der Waals surface area contributed by atoms with Crippen LogP contribution in [0.2, 0.25) is 0 Å². The summed E-state index contributed by atoms with van der Waals surface area (Å²) in [7, 11) is 1.50. The molecule has 2 N–H and O–H groups in total. The molecular weight excluding hydrogens is 202 g/mol. The van der Waals surface area contributed by atoms with Gasteiger partial charge in [0.25, 0.3) is 0 Å². The van der Waals surface area contributed by atoms with E-state index in [4.69, 9.17) is 0 Å². The lowest BCUT2D eigenvalue weighted by Gasteiger charge is -1.94. The first kappa shape index (κ1) is 12.0. The van der Waals surface area contributed by atoms with Crippen LogP contribution >= 0.6 is 11.3 Å². The Morgan fingerprint density at radius 2 is 1.93 bits per heavy atom. The fourth-order valence-electron chi connectivity index (χ4n) is 1.61. The number of rotatable bonds is 1. The van der Waals surface area contributed by atoms with Crippen molar-refractivity contribution in [1.82, 2.24) is 0 Å². The summed E-state index contributed by atoms with van der Waals surface area (Å²) in [4.78, 5) is 1.36. The molecule has 1 aromatic carbocycles. The second-order valence-electron chi connectivity index (χ2n) is 3.28. The molecule has 0 saturated heterocycles. The summed E-state index contributed by atoms with van der Waals surface area (Å²) in [5.41, 5.74) is 7.11. The zero-order chi connectivity index (χ0) is 11.4. The molecule has 0 aliphatic carbocycles. The number of nitrogens with two attached hydrogens (primary N) is 1. The van der Waals surface area contributed by atoms with Gasteiger partial charge in [-0.05, 0) is 38.6 Å². The lowest BCUT2D eigenvalue weighted by Crippen LogP contribution is -1.73. The second kappa shape index (κ2) is 5.10. The van der Waals surface area contributed by atoms with Gasteiger partial charge in [0.05, 0.1) is 0 Å². The Bertz CT molecular complexity index is 469. The molecule has 0 amide bonds. The smallest absolute Gasteiger partial charge is 0.0351 e. The van der Waals surface area contributed by atoms with Crippen molar-refractivity contribution in [3.05, 3.63) is 40.8 Å². The van der Waals surface area contributed by atoms with E-state index in [-0.39, 0.29) is 0 Å². The van der Waals surface area contributed by atoms with Crippen molar-refractivity contribution in [2.45, 2.75) is 13.8 Å². The molecule has 0 radical (unpaired) electrons. The van der Waals surface area contributed by atoms with Crippen LogP contribution in [0.25, 0.3) is 16.2 Å². The summed E-state index contributed by atoms with van der Waals surface area (Å²) in [6, 6.07) is 6.58. The Hall–Kier alpha value is -1.12. The minimum absolute atomic E-state index is 1.30. The lowest BCUT2D eigenvalue weighted by atomic mass is 10.1. The summed E-state index contributed by atoms with van der Waals surface area (Å²) < 4.78 is 1.36. The van der Waals surface area contributed by atoms with Crippen LogP contribution in [0.15, 0.2) is 24.8 Å². The van der Waals surface area contributed by atoms with Gasteiger partial charge in [0, 0.05) is 15.0 Å². The normalized spacial score (nSPS) is 9.60.